The number of nitrogens with zero attached hydrogens (tertiary/aromatic N) is 6. The van der Waals surface area contributed by atoms with Crippen molar-refractivity contribution >= 4 is 44.5 Å². The Morgan fingerprint density at radius 3 is 2.49 bits per heavy atom. The van der Waals surface area contributed by atoms with E-state index in [1.54, 1.807) is 12.1 Å². The van der Waals surface area contributed by atoms with Crippen LogP contribution in [-0.4, -0.2) is 121 Å². The van der Waals surface area contributed by atoms with Crippen molar-refractivity contribution < 1.29 is 46.7 Å². The van der Waals surface area contributed by atoms with Gasteiger partial charge < -0.3 is 44.5 Å². The van der Waals surface area contributed by atoms with Crippen LogP contribution in [0.4, 0.5) is 21.6 Å². The Labute approximate surface area is 480 Å². The zero-order valence-corrected chi connectivity index (χ0v) is 48.8. The Morgan fingerprint density at radius 2 is 1.76 bits per heavy atom. The third-order valence-electron chi connectivity index (χ3n) is 17.7. The van der Waals surface area contributed by atoms with Crippen LogP contribution >= 0.6 is 0 Å². The zero-order valence-electron chi connectivity index (χ0n) is 48.0. The van der Waals surface area contributed by atoms with Crippen LogP contribution in [0.25, 0.3) is 11.4 Å². The summed E-state index contributed by atoms with van der Waals surface area (Å²) in [4.78, 5) is 34.9. The number of piperidine rings is 1. The van der Waals surface area contributed by atoms with Gasteiger partial charge in [-0.25, -0.2) is 32.5 Å². The highest BCUT2D eigenvalue weighted by molar-refractivity contribution is 7.90. The Bertz CT molecular complexity index is 3400. The molecule has 436 valence electrons. The average Bonchev–Trinajstić information content (AvgIpc) is 3.41. The first-order valence-electron chi connectivity index (χ1n) is 28.7. The maximum absolute atomic E-state index is 15.2. The lowest BCUT2D eigenvalue weighted by molar-refractivity contribution is -0.751. The summed E-state index contributed by atoms with van der Waals surface area (Å²) in [5, 5.41) is 26.1. The molecule has 82 heavy (non-hydrogen) atoms. The number of pyridine rings is 3. The smallest absolute Gasteiger partial charge is 0.268 e. The maximum Gasteiger partial charge on any atom is 0.268 e. The minimum absolute atomic E-state index is 0.00263. The predicted octanol–water partition coefficient (Wildman–Crippen LogP) is 9.11. The van der Waals surface area contributed by atoms with Crippen molar-refractivity contribution in [3.63, 3.8) is 0 Å². The Hall–Kier alpha value is -6.68. The lowest BCUT2D eigenvalue weighted by Crippen LogP contribution is -2.98. The fourth-order valence-electron chi connectivity index (χ4n) is 13.0. The van der Waals surface area contributed by atoms with Crippen LogP contribution in [0.3, 0.4) is 0 Å². The molecular formula is C62H76FN9O9S. The molecule has 11 rings (SSSR count). The Morgan fingerprint density at radius 1 is 1.00 bits per heavy atom. The second-order valence-corrected chi connectivity index (χ2v) is 26.3. The van der Waals surface area contributed by atoms with Gasteiger partial charge in [0.05, 0.1) is 37.2 Å². The summed E-state index contributed by atoms with van der Waals surface area (Å²) in [6.07, 6.45) is 11.1. The predicted molar refractivity (Wildman–Crippen MR) is 312 cm³/mol. The number of hydrogen-bond acceptors (Lipinski definition) is 16. The molecule has 2 saturated carbocycles. The van der Waals surface area contributed by atoms with Crippen LogP contribution < -0.4 is 38.9 Å². The number of hydroxylamine groups is 1. The van der Waals surface area contributed by atoms with E-state index in [0.29, 0.717) is 49.4 Å². The fraction of sp³-hybridized carbons (Fsp3) is 0.484. The number of carbonyl (C=O) groups is 1. The first kappa shape index (κ1) is 57.2. The largest absolute Gasteiger partial charge is 0.629 e. The van der Waals surface area contributed by atoms with Crippen molar-refractivity contribution in [1.82, 2.24) is 29.5 Å². The number of methoxy groups -OCH3 is 1. The lowest BCUT2D eigenvalue weighted by Gasteiger charge is -2.58. The number of rotatable bonds is 16. The van der Waals surface area contributed by atoms with Crippen molar-refractivity contribution in [3.8, 4) is 29.0 Å². The minimum Gasteiger partial charge on any atom is -0.629 e. The van der Waals surface area contributed by atoms with Crippen LogP contribution in [0, 0.1) is 16.5 Å². The first-order valence-corrected chi connectivity index (χ1v) is 30.2. The molecule has 6 aliphatic rings. The quantitative estimate of drug-likeness (QED) is 0.0680. The van der Waals surface area contributed by atoms with Crippen LogP contribution in [-0.2, 0) is 16.6 Å². The number of quaternary nitrogens is 1. The van der Waals surface area contributed by atoms with E-state index >= 15 is 4.39 Å². The molecule has 1 spiro atoms. The minimum atomic E-state index is -4.61. The normalized spacial score (nSPS) is 23.0. The molecule has 1 amide bonds. The van der Waals surface area contributed by atoms with Crippen molar-refractivity contribution in [1.29, 1.82) is 0 Å². The van der Waals surface area contributed by atoms with Gasteiger partial charge in [0.25, 0.3) is 27.7 Å². The van der Waals surface area contributed by atoms with Crippen LogP contribution in [0.5, 0.6) is 29.0 Å². The fourth-order valence-corrected chi connectivity index (χ4v) is 13.9. The molecule has 2 unspecified atom stereocenters. The van der Waals surface area contributed by atoms with E-state index in [-0.39, 0.29) is 68.0 Å². The molecule has 6 heterocycles. The molecule has 3 aliphatic heterocycles. The second-order valence-electron chi connectivity index (χ2n) is 24.6. The third-order valence-corrected chi connectivity index (χ3v) is 19.0. The molecule has 0 radical (unpaired) electrons. The number of fused-ring (bicyclic) bond motifs is 2. The van der Waals surface area contributed by atoms with E-state index in [0.717, 1.165) is 101 Å². The summed E-state index contributed by atoms with van der Waals surface area (Å²) in [5.74, 6) is 0.555. The second kappa shape index (κ2) is 22.5. The van der Waals surface area contributed by atoms with Crippen LogP contribution in [0.15, 0.2) is 90.6 Å². The van der Waals surface area contributed by atoms with E-state index in [4.69, 9.17) is 18.9 Å². The van der Waals surface area contributed by atoms with E-state index in [2.05, 4.69) is 90.4 Å². The highest BCUT2D eigenvalue weighted by Crippen LogP contribution is 2.54. The number of sulfonamides is 1. The van der Waals surface area contributed by atoms with Crippen LogP contribution in [0.1, 0.15) is 136 Å². The van der Waals surface area contributed by atoms with E-state index in [1.165, 1.54) is 49.6 Å². The van der Waals surface area contributed by atoms with E-state index in [9.17, 15) is 23.5 Å². The van der Waals surface area contributed by atoms with E-state index in [1.807, 2.05) is 27.0 Å². The Kier molecular flexibility index (Phi) is 15.7. The third kappa shape index (κ3) is 11.8. The summed E-state index contributed by atoms with van der Waals surface area (Å²) in [5.41, 5.74) is 4.31. The van der Waals surface area contributed by atoms with Gasteiger partial charge in [0.15, 0.2) is 23.0 Å². The number of hydrogen-bond donors (Lipinski definition) is 4. The molecule has 20 heteroatoms. The number of anilines is 2. The molecule has 2 atom stereocenters. The lowest BCUT2D eigenvalue weighted by atomic mass is 9.59. The number of amides is 1. The van der Waals surface area contributed by atoms with Gasteiger partial charge in [0.1, 0.15) is 28.7 Å². The van der Waals surface area contributed by atoms with Gasteiger partial charge >= 0.3 is 0 Å². The average molecular weight is 1140 g/mol. The number of ether oxygens (including phenoxy) is 4. The molecule has 18 nitrogen and oxygen atoms in total. The molecule has 5 aromatic rings. The summed E-state index contributed by atoms with van der Waals surface area (Å²) in [7, 11) is -1.89. The standard InChI is InChI=1S/C62H76FN9O9S/c1-38(2)45-11-9-10-12-46(45)51-36-70(35-41-17-22-64-59-55(41)79-37-60(4,5)81-59)25-26-72(51)43-31-62(32-43)20-23-71(24-21-62)42-13-14-47(52(28-42)80-53-30-48-49(63)27-39(3)54(48)67-58(53)78-8)57(73)68-82(76,77)44-29-50(69(7)75)56(66-34-44)65-33-40-15-18-61(6,74)19-16-40/h9-14,17,22,27-30,34,38,40,43,51,69,74H,3,15-16,18-21,23-26,31-33,35-37H2,1-2,4-8H3,(H,65,66)(H,68,73). The SMILES string of the molecule is C=C1C=C(F)c2cc(Oc3cc(N4CCC5(CC4)CC(N4CCN(Cc6ccnc7c6OCC(C)(C)O7)CC4c4ccccc4C(C)C)C5)ccc3C(=O)NS(=O)(=O)c3cnc(NCC4CCC(C)(O)CC4)c([NH+](C)[O-])c3)c(OC)nc21. The first-order chi connectivity index (χ1) is 39.1. The van der Waals surface area contributed by atoms with Gasteiger partial charge in [-0.1, -0.05) is 44.7 Å². The van der Waals surface area contributed by atoms with Gasteiger partial charge in [-0.15, -0.1) is 0 Å². The molecular weight excluding hydrogens is 1070 g/mol. The summed E-state index contributed by atoms with van der Waals surface area (Å²) >= 11 is 0. The number of carbonyl (C=O) groups excluding carboxylic acids is 1. The monoisotopic (exact) mass is 1140 g/mol. The number of benzene rings is 2. The van der Waals surface area contributed by atoms with Crippen molar-refractivity contribution in [2.45, 2.75) is 127 Å². The summed E-state index contributed by atoms with van der Waals surface area (Å²) < 4.78 is 70.1. The number of aliphatic hydroxyl groups is 1. The maximum atomic E-state index is 15.2. The van der Waals surface area contributed by atoms with Gasteiger partial charge in [-0.3, -0.25) is 14.6 Å². The number of halogens is 1. The molecule has 4 fully saturated rings. The van der Waals surface area contributed by atoms with Gasteiger partial charge in [0, 0.05) is 93.0 Å². The molecule has 4 N–H and O–H groups in total. The number of piperazine rings is 1. The molecule has 2 saturated heterocycles. The van der Waals surface area contributed by atoms with Crippen molar-refractivity contribution in [2.75, 3.05) is 70.2 Å². The highest BCUT2D eigenvalue weighted by Gasteiger charge is 2.50. The number of allylic oxidation sites excluding steroid dienone is 2. The van der Waals surface area contributed by atoms with Gasteiger partial charge in [0.2, 0.25) is 0 Å². The van der Waals surface area contributed by atoms with Gasteiger partial charge in [-0.05, 0) is 136 Å². The topological polar surface area (TPSA) is 208 Å². The molecule has 3 aromatic heterocycles. The molecule has 0 bridgehead atoms. The van der Waals surface area contributed by atoms with E-state index < -0.39 is 38.0 Å². The van der Waals surface area contributed by atoms with Crippen molar-refractivity contribution in [3.05, 3.63) is 124 Å². The Balaban J connectivity index is 0.805. The van der Waals surface area contributed by atoms with Gasteiger partial charge in [-0.2, -0.15) is 0 Å². The highest BCUT2D eigenvalue weighted by atomic mass is 32.2. The summed E-state index contributed by atoms with van der Waals surface area (Å²) in [6, 6.07) is 19.2. The van der Waals surface area contributed by atoms with Crippen LogP contribution in [0.2, 0.25) is 0 Å². The van der Waals surface area contributed by atoms with Crippen molar-refractivity contribution in [2.24, 2.45) is 11.3 Å². The molecule has 2 aromatic carbocycles. The zero-order chi connectivity index (χ0) is 57.9. The molecule has 3 aliphatic carbocycles. The number of aromatic nitrogens is 3. The number of nitrogens with one attached hydrogen (secondary N) is 3. The summed E-state index contributed by atoms with van der Waals surface area (Å²) in [6.45, 7) is 20.2.